The minimum atomic E-state index is -0.0372. The Balaban J connectivity index is 1.92. The molecule has 0 radical (unpaired) electrons. The van der Waals surface area contributed by atoms with Gasteiger partial charge in [0.25, 0.3) is 5.56 Å². The van der Waals surface area contributed by atoms with E-state index >= 15 is 0 Å². The molecule has 5 nitrogen and oxygen atoms in total. The Morgan fingerprint density at radius 1 is 1.39 bits per heavy atom. The van der Waals surface area contributed by atoms with Crippen molar-refractivity contribution in [2.24, 2.45) is 7.05 Å². The fourth-order valence-electron chi connectivity index (χ4n) is 2.89. The van der Waals surface area contributed by atoms with E-state index in [1.54, 1.807) is 23.0 Å². The van der Waals surface area contributed by atoms with Crippen molar-refractivity contribution in [2.45, 2.75) is 50.7 Å². The normalized spacial score (nSPS) is 14.3. The highest BCUT2D eigenvalue weighted by atomic mass is 32.2. The molecular formula is C16H21N3O2S2. The smallest absolute Gasteiger partial charge is 0.262 e. The summed E-state index contributed by atoms with van der Waals surface area (Å²) >= 11 is 2.96. The second-order valence-corrected chi connectivity index (χ2v) is 8.19. The molecule has 1 amide bonds. The Labute approximate surface area is 143 Å². The van der Waals surface area contributed by atoms with E-state index in [4.69, 9.17) is 0 Å². The van der Waals surface area contributed by atoms with Crippen molar-refractivity contribution >= 4 is 39.2 Å². The number of amides is 1. The summed E-state index contributed by atoms with van der Waals surface area (Å²) in [5, 5.41) is 4.26. The van der Waals surface area contributed by atoms with E-state index in [0.29, 0.717) is 5.16 Å². The summed E-state index contributed by atoms with van der Waals surface area (Å²) in [7, 11) is 1.74. The largest absolute Gasteiger partial charge is 0.353 e. The van der Waals surface area contributed by atoms with Gasteiger partial charge in [-0.3, -0.25) is 14.2 Å². The molecule has 3 rings (SSSR count). The number of aryl methyl sites for hydroxylation is 2. The first-order valence-corrected chi connectivity index (χ1v) is 9.71. The van der Waals surface area contributed by atoms with Gasteiger partial charge in [0.1, 0.15) is 4.83 Å². The molecule has 0 spiro atoms. The highest BCUT2D eigenvalue weighted by Crippen LogP contribution is 2.34. The zero-order valence-corrected chi connectivity index (χ0v) is 15.3. The van der Waals surface area contributed by atoms with Gasteiger partial charge in [-0.2, -0.15) is 0 Å². The predicted octanol–water partition coefficient (Wildman–Crippen LogP) is 2.49. The van der Waals surface area contributed by atoms with Gasteiger partial charge in [-0.25, -0.2) is 4.98 Å². The molecule has 2 aromatic heterocycles. The molecule has 0 aliphatic heterocycles. The van der Waals surface area contributed by atoms with Crippen LogP contribution in [0.5, 0.6) is 0 Å². The van der Waals surface area contributed by atoms with Gasteiger partial charge in [-0.15, -0.1) is 11.3 Å². The minimum absolute atomic E-state index is 0.0150. The van der Waals surface area contributed by atoms with Gasteiger partial charge in [0.15, 0.2) is 5.16 Å². The SMILES string of the molecule is CC(C)NC(=O)CSc1nc2sc3c(c2c(=O)n1C)CCCC3. The molecule has 2 heterocycles. The van der Waals surface area contributed by atoms with Crippen LogP contribution < -0.4 is 10.9 Å². The summed E-state index contributed by atoms with van der Waals surface area (Å²) in [6.45, 7) is 3.86. The molecule has 0 unspecified atom stereocenters. The summed E-state index contributed by atoms with van der Waals surface area (Å²) in [5.41, 5.74) is 1.22. The molecular weight excluding hydrogens is 330 g/mol. The van der Waals surface area contributed by atoms with Gasteiger partial charge in [0.05, 0.1) is 11.1 Å². The van der Waals surface area contributed by atoms with Crippen molar-refractivity contribution in [1.29, 1.82) is 0 Å². The van der Waals surface area contributed by atoms with Crippen LogP contribution in [0.4, 0.5) is 0 Å². The van der Waals surface area contributed by atoms with Gasteiger partial charge in [0.2, 0.25) is 5.91 Å². The van der Waals surface area contributed by atoms with Crippen LogP contribution >= 0.6 is 23.1 Å². The number of fused-ring (bicyclic) bond motifs is 3. The lowest BCUT2D eigenvalue weighted by Gasteiger charge is -2.11. The zero-order valence-electron chi connectivity index (χ0n) is 13.6. The maximum Gasteiger partial charge on any atom is 0.262 e. The Hall–Kier alpha value is -1.34. The number of carbonyl (C=O) groups is 1. The molecule has 1 aliphatic rings. The van der Waals surface area contributed by atoms with Crippen LogP contribution in [0.15, 0.2) is 9.95 Å². The molecule has 0 saturated heterocycles. The van der Waals surface area contributed by atoms with Crippen molar-refractivity contribution in [3.8, 4) is 0 Å². The molecule has 0 saturated carbocycles. The van der Waals surface area contributed by atoms with E-state index < -0.39 is 0 Å². The maximum absolute atomic E-state index is 12.7. The van der Waals surface area contributed by atoms with E-state index in [-0.39, 0.29) is 23.3 Å². The maximum atomic E-state index is 12.7. The number of thioether (sulfide) groups is 1. The fraction of sp³-hybridized carbons (Fsp3) is 0.562. The number of aromatic nitrogens is 2. The number of thiophene rings is 1. The molecule has 23 heavy (non-hydrogen) atoms. The first-order chi connectivity index (χ1) is 11.0. The predicted molar refractivity (Wildman–Crippen MR) is 95.5 cm³/mol. The first-order valence-electron chi connectivity index (χ1n) is 7.90. The van der Waals surface area contributed by atoms with Gasteiger partial charge in [0, 0.05) is 18.0 Å². The second kappa shape index (κ2) is 6.65. The van der Waals surface area contributed by atoms with Gasteiger partial charge >= 0.3 is 0 Å². The summed E-state index contributed by atoms with van der Waals surface area (Å²) in [4.78, 5) is 31.3. The molecule has 1 N–H and O–H groups in total. The second-order valence-electron chi connectivity index (χ2n) is 6.16. The average molecular weight is 351 g/mol. The molecule has 0 aromatic carbocycles. The van der Waals surface area contributed by atoms with Crippen LogP contribution in [0.3, 0.4) is 0 Å². The lowest BCUT2D eigenvalue weighted by Crippen LogP contribution is -2.31. The third-order valence-electron chi connectivity index (χ3n) is 3.94. The van der Waals surface area contributed by atoms with Gasteiger partial charge in [-0.05, 0) is 45.1 Å². The van der Waals surface area contributed by atoms with Crippen LogP contribution in [0.2, 0.25) is 0 Å². The number of carbonyl (C=O) groups excluding carboxylic acids is 1. The number of nitrogens with zero attached hydrogens (tertiary/aromatic N) is 2. The van der Waals surface area contributed by atoms with Crippen LogP contribution in [-0.4, -0.2) is 27.3 Å². The van der Waals surface area contributed by atoms with E-state index in [0.717, 1.165) is 29.5 Å². The molecule has 0 fully saturated rings. The van der Waals surface area contributed by atoms with Gasteiger partial charge < -0.3 is 5.32 Å². The molecule has 0 atom stereocenters. The summed E-state index contributed by atoms with van der Waals surface area (Å²) in [6.07, 6.45) is 4.37. The molecule has 124 valence electrons. The number of rotatable bonds is 4. The minimum Gasteiger partial charge on any atom is -0.353 e. The van der Waals surface area contributed by atoms with Crippen molar-refractivity contribution in [2.75, 3.05) is 5.75 Å². The van der Waals surface area contributed by atoms with Gasteiger partial charge in [-0.1, -0.05) is 11.8 Å². The third-order valence-corrected chi connectivity index (χ3v) is 6.15. The number of hydrogen-bond acceptors (Lipinski definition) is 5. The highest BCUT2D eigenvalue weighted by Gasteiger charge is 2.21. The zero-order chi connectivity index (χ0) is 16.6. The molecule has 7 heteroatoms. The van der Waals surface area contributed by atoms with Crippen LogP contribution in [-0.2, 0) is 24.7 Å². The monoisotopic (exact) mass is 351 g/mol. The Bertz CT molecular complexity index is 808. The first kappa shape index (κ1) is 16.5. The third kappa shape index (κ3) is 3.30. The molecule has 1 aliphatic carbocycles. The van der Waals surface area contributed by atoms with Crippen molar-refractivity contribution in [1.82, 2.24) is 14.9 Å². The Morgan fingerprint density at radius 2 is 2.13 bits per heavy atom. The summed E-state index contributed by atoms with van der Waals surface area (Å²) < 4.78 is 1.58. The average Bonchev–Trinajstić information content (AvgIpc) is 2.87. The van der Waals surface area contributed by atoms with Crippen molar-refractivity contribution in [3.63, 3.8) is 0 Å². The lowest BCUT2D eigenvalue weighted by atomic mass is 9.97. The van der Waals surface area contributed by atoms with E-state index in [2.05, 4.69) is 10.3 Å². The molecule has 2 aromatic rings. The van der Waals surface area contributed by atoms with Crippen molar-refractivity contribution < 1.29 is 4.79 Å². The van der Waals surface area contributed by atoms with Crippen LogP contribution in [0.1, 0.15) is 37.1 Å². The summed E-state index contributed by atoms with van der Waals surface area (Å²) in [5.74, 6) is 0.236. The summed E-state index contributed by atoms with van der Waals surface area (Å²) in [6, 6.07) is 0.117. The van der Waals surface area contributed by atoms with Crippen LogP contribution in [0.25, 0.3) is 10.2 Å². The van der Waals surface area contributed by atoms with Crippen LogP contribution in [0, 0.1) is 0 Å². The van der Waals surface area contributed by atoms with Crippen molar-refractivity contribution in [3.05, 3.63) is 20.8 Å². The molecule has 0 bridgehead atoms. The quantitative estimate of drug-likeness (QED) is 0.679. The Morgan fingerprint density at radius 3 is 2.87 bits per heavy atom. The Kier molecular flexibility index (Phi) is 4.77. The standard InChI is InChI=1S/C16H21N3O2S2/c1-9(2)17-12(20)8-22-16-18-14-13(15(21)19(16)3)10-6-4-5-7-11(10)23-14/h9H,4-8H2,1-3H3,(H,17,20). The fourth-order valence-corrected chi connectivity index (χ4v) is 4.98. The topological polar surface area (TPSA) is 64.0 Å². The van der Waals surface area contributed by atoms with E-state index in [1.165, 1.54) is 28.6 Å². The lowest BCUT2D eigenvalue weighted by molar-refractivity contribution is -0.119. The highest BCUT2D eigenvalue weighted by molar-refractivity contribution is 7.99. The number of hydrogen-bond donors (Lipinski definition) is 1. The van der Waals surface area contributed by atoms with E-state index in [1.807, 2.05) is 13.8 Å². The number of nitrogens with one attached hydrogen (secondary N) is 1. The van der Waals surface area contributed by atoms with E-state index in [9.17, 15) is 9.59 Å².